The normalized spacial score (nSPS) is 21.1. The molecule has 2 atom stereocenters. The summed E-state index contributed by atoms with van der Waals surface area (Å²) in [4.78, 5) is 71.7. The van der Waals surface area contributed by atoms with Crippen LogP contribution >= 0.6 is 34.9 Å². The molecule has 19 heteroatoms. The van der Waals surface area contributed by atoms with Crippen LogP contribution in [-0.2, 0) is 31.0 Å². The lowest BCUT2D eigenvalue weighted by Gasteiger charge is -2.55. The largest absolute Gasteiger partial charge is 0.477 e. The van der Waals surface area contributed by atoms with E-state index >= 15 is 0 Å². The number of carbonyl (C=O) groups is 3. The van der Waals surface area contributed by atoms with Crippen molar-refractivity contribution in [3.05, 3.63) is 43.1 Å². The van der Waals surface area contributed by atoms with Crippen LogP contribution in [0.1, 0.15) is 5.69 Å². The molecule has 5 N–H and O–H groups in total. The number of aromatic amines is 1. The molecular formula is C19H20N8O8S3. The van der Waals surface area contributed by atoms with E-state index in [4.69, 9.17) is 15.3 Å². The van der Waals surface area contributed by atoms with Crippen LogP contribution in [0, 0.1) is 0 Å². The van der Waals surface area contributed by atoms with E-state index in [-0.39, 0.29) is 38.9 Å². The molecule has 2 aliphatic rings. The van der Waals surface area contributed by atoms with Gasteiger partial charge in [-0.3, -0.25) is 28.6 Å². The van der Waals surface area contributed by atoms with Gasteiger partial charge in [0.2, 0.25) is 0 Å². The summed E-state index contributed by atoms with van der Waals surface area (Å²) in [7, 11) is 3.80. The summed E-state index contributed by atoms with van der Waals surface area (Å²) in [5, 5.41) is 22.9. The molecule has 0 saturated carbocycles. The lowest BCUT2D eigenvalue weighted by Crippen LogP contribution is -2.81. The van der Waals surface area contributed by atoms with Crippen LogP contribution in [0.25, 0.3) is 0 Å². The number of nitrogens with zero attached hydrogens (tertiary/aromatic N) is 5. The number of nitrogens with two attached hydrogens (primary N) is 1. The second kappa shape index (κ2) is 10.6. The van der Waals surface area contributed by atoms with E-state index in [2.05, 4.69) is 25.7 Å². The van der Waals surface area contributed by atoms with Crippen LogP contribution < -0.4 is 22.2 Å². The Hall–Kier alpha value is -3.68. The van der Waals surface area contributed by atoms with Crippen molar-refractivity contribution >= 4 is 63.5 Å². The number of hydrogen-bond acceptors (Lipinski definition) is 14. The molecule has 0 aromatic carbocycles. The van der Waals surface area contributed by atoms with Gasteiger partial charge in [0.05, 0.1) is 0 Å². The molecular weight excluding hydrogens is 564 g/mol. The molecule has 2 unspecified atom stereocenters. The third-order valence-electron chi connectivity index (χ3n) is 5.51. The minimum Gasteiger partial charge on any atom is -0.477 e. The molecule has 0 aliphatic carbocycles. The number of H-pyrrole nitrogens is 1. The average Bonchev–Trinajstić information content (AvgIpc) is 3.33. The van der Waals surface area contributed by atoms with E-state index in [1.54, 1.807) is 0 Å². The van der Waals surface area contributed by atoms with Crippen molar-refractivity contribution in [2.24, 2.45) is 12.2 Å². The van der Waals surface area contributed by atoms with Crippen molar-refractivity contribution in [1.29, 1.82) is 0 Å². The first-order valence-electron chi connectivity index (χ1n) is 10.4. The van der Waals surface area contributed by atoms with Gasteiger partial charge in [-0.25, -0.2) is 14.9 Å². The summed E-state index contributed by atoms with van der Waals surface area (Å²) >= 11 is 3.26. The quantitative estimate of drug-likeness (QED) is 0.0649. The van der Waals surface area contributed by atoms with Crippen molar-refractivity contribution in [3.8, 4) is 0 Å². The zero-order chi connectivity index (χ0) is 27.8. The Kier molecular flexibility index (Phi) is 7.63. The van der Waals surface area contributed by atoms with Crippen molar-refractivity contribution in [2.45, 2.75) is 16.3 Å². The molecule has 4 heterocycles. The molecule has 38 heavy (non-hydrogen) atoms. The zero-order valence-electron chi connectivity index (χ0n) is 19.9. The number of ether oxygens (including phenoxy) is 1. The zero-order valence-corrected chi connectivity index (χ0v) is 22.4. The number of nitrogen functional groups attached to an aromatic ring is 1. The highest BCUT2D eigenvalue weighted by Crippen LogP contribution is 2.47. The third-order valence-corrected chi connectivity index (χ3v) is 8.67. The highest BCUT2D eigenvalue weighted by atomic mass is 32.2. The number of carboxylic acid groups (broad SMARTS) is 1. The van der Waals surface area contributed by atoms with Gasteiger partial charge in [-0.05, 0) is 5.57 Å². The molecule has 0 spiro atoms. The topological polar surface area (TPSA) is 224 Å². The number of carbonyl (C=O) groups excluding carboxylic acids is 2. The predicted octanol–water partition coefficient (Wildman–Crippen LogP) is -1.64. The summed E-state index contributed by atoms with van der Waals surface area (Å²) in [6.45, 7) is 0. The molecule has 0 bridgehead atoms. The van der Waals surface area contributed by atoms with Gasteiger partial charge in [-0.15, -0.1) is 28.2 Å². The predicted molar refractivity (Wildman–Crippen MR) is 137 cm³/mol. The maximum Gasteiger partial charge on any atom is 0.352 e. The number of aliphatic carboxylic acids is 1. The Balaban J connectivity index is 1.59. The van der Waals surface area contributed by atoms with E-state index in [9.17, 15) is 29.1 Å². The number of methoxy groups -OCH3 is 1. The minimum atomic E-state index is -1.89. The Morgan fingerprint density at radius 1 is 1.39 bits per heavy atom. The number of β-lactam (4-membered cyclic amide) rings is 1. The van der Waals surface area contributed by atoms with E-state index in [1.165, 1.54) is 38.4 Å². The van der Waals surface area contributed by atoms with E-state index < -0.39 is 40.0 Å². The number of fused-ring (bicyclic) bond motifs is 1. The second-order valence-corrected chi connectivity index (χ2v) is 10.6. The van der Waals surface area contributed by atoms with Gasteiger partial charge >= 0.3 is 17.1 Å². The second-order valence-electron chi connectivity index (χ2n) is 7.67. The monoisotopic (exact) mass is 584 g/mol. The lowest BCUT2D eigenvalue weighted by molar-refractivity contribution is -0.191. The van der Waals surface area contributed by atoms with Crippen LogP contribution in [-0.4, -0.2) is 90.1 Å². The van der Waals surface area contributed by atoms with Crippen LogP contribution in [0.2, 0.25) is 0 Å². The van der Waals surface area contributed by atoms with E-state index in [0.29, 0.717) is 5.57 Å². The van der Waals surface area contributed by atoms with Crippen LogP contribution in [0.4, 0.5) is 5.13 Å². The molecule has 1 saturated heterocycles. The summed E-state index contributed by atoms with van der Waals surface area (Å²) in [5.74, 6) is -2.81. The number of rotatable bonds is 9. The number of oxime groups is 1. The van der Waals surface area contributed by atoms with Gasteiger partial charge in [0.15, 0.2) is 16.0 Å². The molecule has 2 aromatic rings. The first-order valence-corrected chi connectivity index (χ1v) is 13.4. The minimum absolute atomic E-state index is 0.0552. The molecule has 4 rings (SSSR count). The lowest BCUT2D eigenvalue weighted by atomic mass is 9.98. The number of hydrogen-bond donors (Lipinski definition) is 4. The smallest absolute Gasteiger partial charge is 0.352 e. The maximum atomic E-state index is 13.3. The van der Waals surface area contributed by atoms with Crippen LogP contribution in [0.3, 0.4) is 0 Å². The summed E-state index contributed by atoms with van der Waals surface area (Å²) < 4.78 is 6.48. The number of thioether (sulfide) groups is 2. The van der Waals surface area contributed by atoms with Gasteiger partial charge in [-0.2, -0.15) is 0 Å². The van der Waals surface area contributed by atoms with Crippen molar-refractivity contribution in [2.75, 3.05) is 31.5 Å². The fourth-order valence-corrected chi connectivity index (χ4v) is 6.76. The van der Waals surface area contributed by atoms with Crippen LogP contribution in [0.5, 0.6) is 0 Å². The fraction of sp³-hybridized carbons (Fsp3) is 0.368. The van der Waals surface area contributed by atoms with Gasteiger partial charge in [0.1, 0.15) is 23.9 Å². The molecule has 2 aromatic heterocycles. The number of amides is 2. The molecule has 202 valence electrons. The van der Waals surface area contributed by atoms with Gasteiger partial charge in [-0.1, -0.05) is 16.9 Å². The highest BCUT2D eigenvalue weighted by Gasteiger charge is 2.66. The molecule has 16 nitrogen and oxygen atoms in total. The maximum absolute atomic E-state index is 13.3. The Morgan fingerprint density at radius 3 is 2.74 bits per heavy atom. The first kappa shape index (κ1) is 27.4. The average molecular weight is 585 g/mol. The molecule has 2 amide bonds. The summed E-state index contributed by atoms with van der Waals surface area (Å²) in [6.07, 6.45) is 0. The molecule has 2 aliphatic heterocycles. The Morgan fingerprint density at radius 2 is 2.13 bits per heavy atom. The first-order chi connectivity index (χ1) is 18.0. The van der Waals surface area contributed by atoms with Gasteiger partial charge in [0, 0.05) is 31.0 Å². The SMILES string of the molecule is CO/N=C(/C(=O)NC1(OC)C(=O)N2C(C(=O)O)=C(CSc3n[nH]c(=O)c(=O)n3C)CSC21)c1csc(N)n1. The number of anilines is 1. The van der Waals surface area contributed by atoms with E-state index in [1.807, 2.05) is 0 Å². The van der Waals surface area contributed by atoms with Crippen molar-refractivity contribution in [3.63, 3.8) is 0 Å². The highest BCUT2D eigenvalue weighted by molar-refractivity contribution is 8.01. The van der Waals surface area contributed by atoms with E-state index in [0.717, 1.165) is 32.6 Å². The number of aromatic nitrogens is 4. The fourth-order valence-electron chi connectivity index (χ4n) is 3.72. The Labute approximate surface area is 225 Å². The van der Waals surface area contributed by atoms with Crippen LogP contribution in [0.15, 0.2) is 36.6 Å². The molecule has 0 radical (unpaired) electrons. The number of nitrogens with one attached hydrogen (secondary N) is 2. The Bertz CT molecular complexity index is 1500. The third kappa shape index (κ3) is 4.57. The van der Waals surface area contributed by atoms with Crippen molar-refractivity contribution in [1.82, 2.24) is 30.0 Å². The standard InChI is InChI=1S/C19H20N8O8S3/c1-26-13(30)12(29)23-24-18(26)38-5-7-4-36-16-19(34-2,15(33)27(16)10(7)14(31)32)22-11(28)9(25-35-3)8-6-37-17(20)21-8/h6,16H,4-5H2,1-3H3,(H2,20,21)(H,22,28)(H,23,29)(H,31,32)/b25-9+. The summed E-state index contributed by atoms with van der Waals surface area (Å²) in [6, 6.07) is 0. The number of carboxylic acids is 1. The van der Waals surface area contributed by atoms with Crippen molar-refractivity contribution < 1.29 is 29.1 Å². The number of thiazole rings is 1. The molecule has 1 fully saturated rings. The van der Waals surface area contributed by atoms with Gasteiger partial charge < -0.3 is 25.7 Å². The summed E-state index contributed by atoms with van der Waals surface area (Å²) in [5.41, 5.74) is 2.01. The van der Waals surface area contributed by atoms with Gasteiger partial charge in [0.25, 0.3) is 17.5 Å².